The summed E-state index contributed by atoms with van der Waals surface area (Å²) in [6, 6.07) is 0. The first-order valence-corrected chi connectivity index (χ1v) is 8.17. The molecule has 0 radical (unpaired) electrons. The smallest absolute Gasteiger partial charge is 0.0112 e. The van der Waals surface area contributed by atoms with E-state index in [-0.39, 0.29) is 0 Å². The number of unbranched alkanes of at least 4 members (excludes halogenated alkanes) is 1. The number of fused-ring (bicyclic) bond motifs is 4. The molecule has 0 aromatic carbocycles. The van der Waals surface area contributed by atoms with Gasteiger partial charge in [0.25, 0.3) is 0 Å². The van der Waals surface area contributed by atoms with Crippen LogP contribution in [0.2, 0.25) is 0 Å². The molecular weight excluding hydrogens is 216 g/mol. The summed E-state index contributed by atoms with van der Waals surface area (Å²) in [5.74, 6) is 2.95. The summed E-state index contributed by atoms with van der Waals surface area (Å²) in [6.45, 7) is 2.29. The number of hydrogen-bond donors (Lipinski definition) is 0. The fourth-order valence-corrected chi connectivity index (χ4v) is 4.41. The van der Waals surface area contributed by atoms with Gasteiger partial charge in [-0.05, 0) is 68.1 Å². The van der Waals surface area contributed by atoms with Crippen LogP contribution in [-0.4, -0.2) is 0 Å². The molecule has 0 aromatic rings. The Labute approximate surface area is 113 Å². The quantitative estimate of drug-likeness (QED) is 0.575. The molecule has 4 aliphatic carbocycles. The van der Waals surface area contributed by atoms with Gasteiger partial charge in [0.2, 0.25) is 0 Å². The van der Waals surface area contributed by atoms with E-state index in [1.54, 1.807) is 0 Å². The second-order valence-corrected chi connectivity index (χ2v) is 7.05. The van der Waals surface area contributed by atoms with Crippen molar-refractivity contribution in [2.75, 3.05) is 0 Å². The van der Waals surface area contributed by atoms with Crippen LogP contribution in [0.3, 0.4) is 0 Å². The van der Waals surface area contributed by atoms with Crippen LogP contribution in [0, 0.1) is 23.2 Å². The van der Waals surface area contributed by atoms with Gasteiger partial charge in [-0.25, -0.2) is 0 Å². The van der Waals surface area contributed by atoms with Gasteiger partial charge in [-0.15, -0.1) is 0 Å². The lowest BCUT2D eigenvalue weighted by Crippen LogP contribution is -2.10. The standard InChI is InChI=1S/C11H18.C7H10/c1-2-3-6-11-7-4-10(9-11)5-8-11;1-2-7-4-3-6(1)5-7/h4,7,10H,2-3,5-6,8-9H2,1H3;1-2,6-7H,3-5H2. The van der Waals surface area contributed by atoms with Crippen LogP contribution in [0.1, 0.15) is 64.7 Å². The molecule has 4 bridgehead atoms. The van der Waals surface area contributed by atoms with E-state index in [4.69, 9.17) is 0 Å². The molecule has 4 aliphatic rings. The maximum Gasteiger partial charge on any atom is -0.0112 e. The molecule has 4 atom stereocenters. The highest BCUT2D eigenvalue weighted by molar-refractivity contribution is 5.15. The highest BCUT2D eigenvalue weighted by Gasteiger charge is 2.39. The van der Waals surface area contributed by atoms with E-state index in [9.17, 15) is 0 Å². The second kappa shape index (κ2) is 5.23. The van der Waals surface area contributed by atoms with Gasteiger partial charge in [-0.2, -0.15) is 0 Å². The highest BCUT2D eigenvalue weighted by atomic mass is 14.4. The van der Waals surface area contributed by atoms with Gasteiger partial charge in [0.1, 0.15) is 0 Å². The Bertz CT molecular complexity index is 326. The molecule has 0 heteroatoms. The summed E-state index contributed by atoms with van der Waals surface area (Å²) in [4.78, 5) is 0. The Balaban J connectivity index is 0.000000122. The van der Waals surface area contributed by atoms with Crippen molar-refractivity contribution < 1.29 is 0 Å². The minimum atomic E-state index is 0.681. The van der Waals surface area contributed by atoms with Crippen LogP contribution < -0.4 is 0 Å². The first kappa shape index (κ1) is 12.5. The van der Waals surface area contributed by atoms with E-state index in [0.29, 0.717) is 5.41 Å². The summed E-state index contributed by atoms with van der Waals surface area (Å²) in [7, 11) is 0. The lowest BCUT2D eigenvalue weighted by molar-refractivity contribution is 0.357. The van der Waals surface area contributed by atoms with Gasteiger partial charge in [0.05, 0.1) is 0 Å². The normalized spacial score (nSPS) is 42.4. The molecule has 0 nitrogen and oxygen atoms in total. The fraction of sp³-hybridized carbons (Fsp3) is 0.778. The van der Waals surface area contributed by atoms with Crippen LogP contribution in [0.25, 0.3) is 0 Å². The molecule has 2 fully saturated rings. The maximum absolute atomic E-state index is 2.51. The predicted molar refractivity (Wildman–Crippen MR) is 78.4 cm³/mol. The summed E-state index contributed by atoms with van der Waals surface area (Å²) in [5, 5.41) is 0. The average Bonchev–Trinajstić information content (AvgIpc) is 3.17. The monoisotopic (exact) mass is 244 g/mol. The lowest BCUT2D eigenvalue weighted by Gasteiger charge is -2.22. The van der Waals surface area contributed by atoms with Gasteiger partial charge in [-0.1, -0.05) is 44.1 Å². The molecule has 0 amide bonds. The van der Waals surface area contributed by atoms with E-state index in [1.807, 2.05) is 0 Å². The van der Waals surface area contributed by atoms with Crippen LogP contribution in [-0.2, 0) is 0 Å². The van der Waals surface area contributed by atoms with E-state index in [1.165, 1.54) is 57.8 Å². The fourth-order valence-electron chi connectivity index (χ4n) is 4.41. The largest absolute Gasteiger partial charge is 0.0851 e. The van der Waals surface area contributed by atoms with E-state index < -0.39 is 0 Å². The molecule has 0 N–H and O–H groups in total. The number of allylic oxidation sites excluding steroid dienone is 4. The zero-order valence-corrected chi connectivity index (χ0v) is 11.9. The molecule has 0 spiro atoms. The van der Waals surface area contributed by atoms with Crippen molar-refractivity contribution in [2.45, 2.75) is 64.7 Å². The molecular formula is C18H28. The molecule has 0 heterocycles. The van der Waals surface area contributed by atoms with Crippen molar-refractivity contribution in [2.24, 2.45) is 23.2 Å². The van der Waals surface area contributed by atoms with Crippen molar-refractivity contribution in [3.63, 3.8) is 0 Å². The van der Waals surface area contributed by atoms with Crippen molar-refractivity contribution in [3.8, 4) is 0 Å². The van der Waals surface area contributed by atoms with E-state index >= 15 is 0 Å². The van der Waals surface area contributed by atoms with Crippen LogP contribution in [0.4, 0.5) is 0 Å². The second-order valence-electron chi connectivity index (χ2n) is 7.05. The molecule has 18 heavy (non-hydrogen) atoms. The van der Waals surface area contributed by atoms with Crippen molar-refractivity contribution in [1.29, 1.82) is 0 Å². The molecule has 0 saturated heterocycles. The SMILES string of the molecule is C1=CC2CCC1C2.CCCCC12C=CC(CC1)C2. The van der Waals surface area contributed by atoms with Crippen LogP contribution >= 0.6 is 0 Å². The average molecular weight is 244 g/mol. The van der Waals surface area contributed by atoms with Crippen LogP contribution in [0.15, 0.2) is 24.3 Å². The van der Waals surface area contributed by atoms with Gasteiger partial charge in [0.15, 0.2) is 0 Å². The molecule has 0 aliphatic heterocycles. The molecule has 4 unspecified atom stereocenters. The summed E-state index contributed by atoms with van der Waals surface area (Å²) in [6.07, 6.45) is 22.8. The zero-order valence-electron chi connectivity index (χ0n) is 11.9. The molecule has 0 aromatic heterocycles. The van der Waals surface area contributed by atoms with E-state index in [0.717, 1.165) is 17.8 Å². The Morgan fingerprint density at radius 2 is 1.78 bits per heavy atom. The lowest BCUT2D eigenvalue weighted by atomic mass is 9.83. The summed E-state index contributed by atoms with van der Waals surface area (Å²) < 4.78 is 0. The third kappa shape index (κ3) is 2.58. The zero-order chi connectivity index (χ0) is 12.4. The molecule has 100 valence electrons. The Kier molecular flexibility index (Phi) is 3.63. The van der Waals surface area contributed by atoms with Gasteiger partial charge in [0, 0.05) is 0 Å². The van der Waals surface area contributed by atoms with Crippen molar-refractivity contribution in [1.82, 2.24) is 0 Å². The molecule has 2 saturated carbocycles. The minimum absolute atomic E-state index is 0.681. The third-order valence-corrected chi connectivity index (χ3v) is 5.60. The number of hydrogen-bond acceptors (Lipinski definition) is 0. The van der Waals surface area contributed by atoms with E-state index in [2.05, 4.69) is 31.2 Å². The Morgan fingerprint density at radius 1 is 1.00 bits per heavy atom. The minimum Gasteiger partial charge on any atom is -0.0851 e. The van der Waals surface area contributed by atoms with Crippen molar-refractivity contribution in [3.05, 3.63) is 24.3 Å². The summed E-state index contributed by atoms with van der Waals surface area (Å²) in [5.41, 5.74) is 0.681. The first-order chi connectivity index (χ1) is 8.80. The maximum atomic E-state index is 2.51. The van der Waals surface area contributed by atoms with Gasteiger partial charge < -0.3 is 0 Å². The van der Waals surface area contributed by atoms with Gasteiger partial charge in [-0.3, -0.25) is 0 Å². The van der Waals surface area contributed by atoms with Gasteiger partial charge >= 0.3 is 0 Å². The van der Waals surface area contributed by atoms with Crippen molar-refractivity contribution >= 4 is 0 Å². The highest BCUT2D eigenvalue weighted by Crippen LogP contribution is 2.51. The Morgan fingerprint density at radius 3 is 2.11 bits per heavy atom. The Hall–Kier alpha value is -0.520. The molecule has 4 rings (SSSR count). The third-order valence-electron chi connectivity index (χ3n) is 5.60. The summed E-state index contributed by atoms with van der Waals surface area (Å²) >= 11 is 0. The number of rotatable bonds is 3. The predicted octanol–water partition coefficient (Wildman–Crippen LogP) is 5.51. The topological polar surface area (TPSA) is 0 Å². The van der Waals surface area contributed by atoms with Crippen LogP contribution in [0.5, 0.6) is 0 Å². The first-order valence-electron chi connectivity index (χ1n) is 8.17.